The van der Waals surface area contributed by atoms with E-state index in [1.54, 1.807) is 0 Å². The van der Waals surface area contributed by atoms with Gasteiger partial charge >= 0.3 is 0 Å². The standard InChI is InChI=1S/C27H46ClNO/c1-17(2)7-6-8-18(3)21-10-11-22-20-9-12-24-27(5,15-19(16-28)25(30)29-24)23(20)13-14-26(21,22)4/h17-24H,6-16H2,1-5H3,(H,29,30)/t18-,19?,20+,21-,22+,23+,24-,26-,27-/m1/s1. The van der Waals surface area contributed by atoms with Crippen LogP contribution in [0, 0.1) is 52.3 Å². The van der Waals surface area contributed by atoms with Gasteiger partial charge in [0, 0.05) is 11.9 Å². The van der Waals surface area contributed by atoms with Crippen LogP contribution in [0.1, 0.15) is 98.8 Å². The van der Waals surface area contributed by atoms with Gasteiger partial charge in [-0.25, -0.2) is 0 Å². The number of hydrogen-bond donors (Lipinski definition) is 1. The molecule has 1 aliphatic heterocycles. The Morgan fingerprint density at radius 1 is 1.00 bits per heavy atom. The first-order valence-corrected chi connectivity index (χ1v) is 13.6. The zero-order valence-corrected chi connectivity index (χ0v) is 20.9. The van der Waals surface area contributed by atoms with Crippen LogP contribution in [0.4, 0.5) is 0 Å². The van der Waals surface area contributed by atoms with Gasteiger partial charge in [-0.3, -0.25) is 4.79 Å². The molecule has 4 aliphatic rings. The van der Waals surface area contributed by atoms with E-state index in [-0.39, 0.29) is 17.2 Å². The molecule has 4 rings (SSSR count). The first-order chi connectivity index (χ1) is 14.2. The molecule has 172 valence electrons. The third-order valence-electron chi connectivity index (χ3n) is 10.6. The maximum atomic E-state index is 12.5. The molecule has 30 heavy (non-hydrogen) atoms. The Labute approximate surface area is 190 Å². The summed E-state index contributed by atoms with van der Waals surface area (Å²) in [7, 11) is 0. The largest absolute Gasteiger partial charge is 0.353 e. The fourth-order valence-electron chi connectivity index (χ4n) is 9.05. The highest BCUT2D eigenvalue weighted by Crippen LogP contribution is 2.67. The molecular weight excluding hydrogens is 390 g/mol. The van der Waals surface area contributed by atoms with Crippen molar-refractivity contribution in [1.29, 1.82) is 0 Å². The molecule has 2 nitrogen and oxygen atoms in total. The van der Waals surface area contributed by atoms with Crippen LogP contribution >= 0.6 is 11.6 Å². The van der Waals surface area contributed by atoms with Gasteiger partial charge in [-0.15, -0.1) is 11.6 Å². The monoisotopic (exact) mass is 435 g/mol. The molecule has 0 spiro atoms. The van der Waals surface area contributed by atoms with Gasteiger partial charge in [0.15, 0.2) is 0 Å². The molecule has 1 unspecified atom stereocenters. The number of hydrogen-bond acceptors (Lipinski definition) is 1. The lowest BCUT2D eigenvalue weighted by Gasteiger charge is -2.61. The summed E-state index contributed by atoms with van der Waals surface area (Å²) >= 11 is 6.21. The molecule has 0 aromatic rings. The van der Waals surface area contributed by atoms with Gasteiger partial charge in [0.25, 0.3) is 0 Å². The van der Waals surface area contributed by atoms with Crippen LogP contribution in [0.15, 0.2) is 0 Å². The quantitative estimate of drug-likeness (QED) is 0.445. The summed E-state index contributed by atoms with van der Waals surface area (Å²) in [4.78, 5) is 12.5. The van der Waals surface area contributed by atoms with Crippen molar-refractivity contribution in [1.82, 2.24) is 5.32 Å². The number of piperidine rings is 1. The highest BCUT2D eigenvalue weighted by molar-refractivity contribution is 6.19. The molecule has 1 N–H and O–H groups in total. The lowest BCUT2D eigenvalue weighted by atomic mass is 9.46. The molecule has 3 saturated carbocycles. The minimum Gasteiger partial charge on any atom is -0.353 e. The van der Waals surface area contributed by atoms with Gasteiger partial charge in [0.05, 0.1) is 5.92 Å². The van der Waals surface area contributed by atoms with E-state index >= 15 is 0 Å². The Hall–Kier alpha value is -0.240. The average Bonchev–Trinajstić information content (AvgIpc) is 3.05. The van der Waals surface area contributed by atoms with E-state index in [1.807, 2.05) is 0 Å². The average molecular weight is 436 g/mol. The van der Waals surface area contributed by atoms with Crippen molar-refractivity contribution >= 4 is 17.5 Å². The van der Waals surface area contributed by atoms with E-state index < -0.39 is 0 Å². The van der Waals surface area contributed by atoms with E-state index in [9.17, 15) is 4.79 Å². The number of carbonyl (C=O) groups excluding carboxylic acids is 1. The number of carbonyl (C=O) groups is 1. The minimum atomic E-state index is 0.0114. The molecule has 1 saturated heterocycles. The molecule has 3 aliphatic carbocycles. The van der Waals surface area contributed by atoms with Crippen molar-refractivity contribution in [2.75, 3.05) is 5.88 Å². The van der Waals surface area contributed by atoms with Gasteiger partial charge in [0.1, 0.15) is 0 Å². The molecule has 1 heterocycles. The van der Waals surface area contributed by atoms with Gasteiger partial charge in [-0.1, -0.05) is 53.9 Å². The fraction of sp³-hybridized carbons (Fsp3) is 0.963. The smallest absolute Gasteiger partial charge is 0.224 e. The van der Waals surface area contributed by atoms with E-state index in [1.165, 1.54) is 57.8 Å². The zero-order valence-electron chi connectivity index (χ0n) is 20.2. The second-order valence-electron chi connectivity index (χ2n) is 12.6. The molecule has 0 aromatic heterocycles. The van der Waals surface area contributed by atoms with Crippen LogP contribution in [0.3, 0.4) is 0 Å². The van der Waals surface area contributed by atoms with Crippen LogP contribution in [-0.4, -0.2) is 17.8 Å². The summed E-state index contributed by atoms with van der Waals surface area (Å²) in [5, 5.41) is 3.40. The van der Waals surface area contributed by atoms with Crippen LogP contribution in [-0.2, 0) is 4.79 Å². The Kier molecular flexibility index (Phi) is 6.58. The van der Waals surface area contributed by atoms with E-state index in [4.69, 9.17) is 11.6 Å². The van der Waals surface area contributed by atoms with Crippen LogP contribution in [0.25, 0.3) is 0 Å². The first kappa shape index (κ1) is 22.9. The molecule has 0 radical (unpaired) electrons. The van der Waals surface area contributed by atoms with Gasteiger partial charge in [0.2, 0.25) is 5.91 Å². The molecule has 1 amide bonds. The van der Waals surface area contributed by atoms with Crippen LogP contribution in [0.5, 0.6) is 0 Å². The summed E-state index contributed by atoms with van der Waals surface area (Å²) in [5.74, 6) is 5.86. The third kappa shape index (κ3) is 3.75. The third-order valence-corrected chi connectivity index (χ3v) is 11.0. The normalized spacial score (nSPS) is 46.7. The summed E-state index contributed by atoms with van der Waals surface area (Å²) in [6, 6.07) is 0.377. The van der Waals surface area contributed by atoms with E-state index in [0.29, 0.717) is 17.3 Å². The van der Waals surface area contributed by atoms with Crippen LogP contribution in [0.2, 0.25) is 0 Å². The number of nitrogens with one attached hydrogen (secondary N) is 1. The first-order valence-electron chi connectivity index (χ1n) is 13.1. The van der Waals surface area contributed by atoms with Crippen LogP contribution < -0.4 is 5.32 Å². The number of fused-ring (bicyclic) bond motifs is 5. The Morgan fingerprint density at radius 2 is 1.73 bits per heavy atom. The summed E-state index contributed by atoms with van der Waals surface area (Å²) in [6.07, 6.45) is 13.4. The van der Waals surface area contributed by atoms with Crippen molar-refractivity contribution < 1.29 is 4.79 Å². The molecule has 0 aromatic carbocycles. The SMILES string of the molecule is CC(C)CCC[C@@H](C)[C@H]1CC[C@H]2[C@@H]3CC[C@H]4NC(=O)C(CCl)C[C@]4(C)[C@H]3CC[C@]12C. The van der Waals surface area contributed by atoms with Crippen molar-refractivity contribution in [3.63, 3.8) is 0 Å². The van der Waals surface area contributed by atoms with Gasteiger partial charge in [-0.2, -0.15) is 0 Å². The predicted molar refractivity (Wildman–Crippen MR) is 126 cm³/mol. The molecular formula is C27H46ClNO. The van der Waals surface area contributed by atoms with Crippen molar-refractivity contribution in [2.45, 2.75) is 105 Å². The van der Waals surface area contributed by atoms with Gasteiger partial charge < -0.3 is 5.32 Å². The second kappa shape index (κ2) is 8.60. The van der Waals surface area contributed by atoms with Crippen molar-refractivity contribution in [3.05, 3.63) is 0 Å². The molecule has 4 fully saturated rings. The Morgan fingerprint density at radius 3 is 2.43 bits per heavy atom. The van der Waals surface area contributed by atoms with E-state index in [2.05, 4.69) is 39.9 Å². The van der Waals surface area contributed by atoms with E-state index in [0.717, 1.165) is 41.9 Å². The maximum Gasteiger partial charge on any atom is 0.224 e. The summed E-state index contributed by atoms with van der Waals surface area (Å²) < 4.78 is 0. The highest BCUT2D eigenvalue weighted by Gasteiger charge is 2.61. The number of halogens is 1. The van der Waals surface area contributed by atoms with Crippen molar-refractivity contribution in [2.24, 2.45) is 52.3 Å². The Bertz CT molecular complexity index is 634. The number of rotatable bonds is 6. The fourth-order valence-corrected chi connectivity index (χ4v) is 9.30. The van der Waals surface area contributed by atoms with Crippen molar-refractivity contribution in [3.8, 4) is 0 Å². The lowest BCUT2D eigenvalue weighted by Crippen LogP contribution is -2.63. The lowest BCUT2D eigenvalue weighted by molar-refractivity contribution is -0.143. The molecule has 3 heteroatoms. The summed E-state index contributed by atoms with van der Waals surface area (Å²) in [6.45, 7) is 12.4. The second-order valence-corrected chi connectivity index (χ2v) is 12.9. The minimum absolute atomic E-state index is 0.0114. The number of alkyl halides is 1. The maximum absolute atomic E-state index is 12.5. The predicted octanol–water partition coefficient (Wildman–Crippen LogP) is 7.05. The molecule has 0 bridgehead atoms. The summed E-state index contributed by atoms with van der Waals surface area (Å²) in [5.41, 5.74) is 0.796. The highest BCUT2D eigenvalue weighted by atomic mass is 35.5. The topological polar surface area (TPSA) is 29.1 Å². The Balaban J connectivity index is 1.49. The van der Waals surface area contributed by atoms with Gasteiger partial charge in [-0.05, 0) is 91.3 Å². The molecule has 9 atom stereocenters. The number of amides is 1. The zero-order chi connectivity index (χ0) is 21.7.